The Kier molecular flexibility index (Phi) is 3.91. The van der Waals surface area contributed by atoms with E-state index in [9.17, 15) is 0 Å². The molecule has 0 saturated heterocycles. The second-order valence-corrected chi connectivity index (χ2v) is 10.8. The van der Waals surface area contributed by atoms with Crippen molar-refractivity contribution in [2.24, 2.45) is 12.5 Å². The highest BCUT2D eigenvalue weighted by molar-refractivity contribution is 6.26. The number of fused-ring (bicyclic) bond motifs is 5. The van der Waals surface area contributed by atoms with Gasteiger partial charge in [0, 0.05) is 16.8 Å². The summed E-state index contributed by atoms with van der Waals surface area (Å²) in [4.78, 5) is 3.82. The molecule has 3 heterocycles. The highest BCUT2D eigenvalue weighted by Crippen LogP contribution is 2.44. The fraction of sp³-hybridized carbons (Fsp3) is 0.267. The summed E-state index contributed by atoms with van der Waals surface area (Å²) in [6.45, 7) is 19.1. The highest BCUT2D eigenvalue weighted by atomic mass is 15.0. The Morgan fingerprint density at radius 1 is 0.970 bits per heavy atom. The molecule has 0 radical (unpaired) electrons. The quantitative estimate of drug-likeness (QED) is 0.110. The molecule has 0 N–H and O–H groups in total. The Labute approximate surface area is 194 Å². The monoisotopic (exact) mass is 430 g/mol. The number of pyridine rings is 2. The normalized spacial score (nSPS) is 12.6. The van der Waals surface area contributed by atoms with E-state index in [0.717, 1.165) is 17.3 Å². The van der Waals surface area contributed by atoms with Crippen LogP contribution in [0.4, 0.5) is 5.69 Å². The lowest BCUT2D eigenvalue weighted by Gasteiger charge is -2.19. The number of aryl methyl sites for hydroxylation is 3. The Morgan fingerprint density at radius 3 is 2.48 bits per heavy atom. The molecular formula is C30H28N3+. The zero-order chi connectivity index (χ0) is 23.2. The van der Waals surface area contributed by atoms with Gasteiger partial charge in [-0.1, -0.05) is 32.9 Å². The molecule has 0 saturated carbocycles. The largest absolute Gasteiger partial charge is 0.309 e. The minimum atomic E-state index is 0.193. The number of benzene rings is 3. The van der Waals surface area contributed by atoms with Crippen molar-refractivity contribution in [2.45, 2.75) is 41.0 Å². The van der Waals surface area contributed by atoms with E-state index in [-0.39, 0.29) is 5.41 Å². The van der Waals surface area contributed by atoms with Crippen LogP contribution in [0.1, 0.15) is 37.5 Å². The Hall–Kier alpha value is -3.64. The van der Waals surface area contributed by atoms with Crippen LogP contribution in [0.25, 0.3) is 53.8 Å². The molecule has 6 rings (SSSR count). The molecule has 0 aliphatic heterocycles. The summed E-state index contributed by atoms with van der Waals surface area (Å²) in [5, 5.41) is 6.34. The summed E-state index contributed by atoms with van der Waals surface area (Å²) in [5.74, 6) is 0. The van der Waals surface area contributed by atoms with Gasteiger partial charge in [0.1, 0.15) is 7.05 Å². The van der Waals surface area contributed by atoms with Gasteiger partial charge in [0.2, 0.25) is 5.52 Å². The first-order valence-electron chi connectivity index (χ1n) is 11.6. The summed E-state index contributed by atoms with van der Waals surface area (Å²) in [6.07, 6.45) is 3.15. The van der Waals surface area contributed by atoms with Gasteiger partial charge >= 0.3 is 0 Å². The van der Waals surface area contributed by atoms with E-state index in [1.807, 2.05) is 6.07 Å². The van der Waals surface area contributed by atoms with Crippen molar-refractivity contribution in [3.8, 4) is 0 Å². The molecule has 3 nitrogen and oxygen atoms in total. The topological polar surface area (TPSA) is 12.7 Å². The van der Waals surface area contributed by atoms with Gasteiger partial charge in [0.05, 0.1) is 33.9 Å². The highest BCUT2D eigenvalue weighted by Gasteiger charge is 2.26. The smallest absolute Gasteiger partial charge is 0.224 e. The maximum atomic E-state index is 7.73. The summed E-state index contributed by atoms with van der Waals surface area (Å²) in [5.41, 5.74) is 9.79. The predicted molar refractivity (Wildman–Crippen MR) is 139 cm³/mol. The molecule has 3 aromatic carbocycles. The summed E-state index contributed by atoms with van der Waals surface area (Å²) >= 11 is 0. The number of aromatic nitrogens is 2. The third-order valence-corrected chi connectivity index (χ3v) is 7.21. The molecule has 0 fully saturated rings. The molecule has 0 aliphatic rings. The van der Waals surface area contributed by atoms with Crippen LogP contribution in [-0.2, 0) is 13.5 Å². The minimum Gasteiger partial charge on any atom is -0.309 e. The SMILES string of the molecule is [C-]#[N+]c1cc2cc[n+](C)c3c4c(C)c(C)cc5c6c(CC(C)(C)C)cccc6n(c(c1)c23)c54. The van der Waals surface area contributed by atoms with Gasteiger partial charge < -0.3 is 4.40 Å². The van der Waals surface area contributed by atoms with Crippen LogP contribution in [0.15, 0.2) is 48.7 Å². The number of nitrogens with zero attached hydrogens (tertiary/aromatic N) is 3. The average molecular weight is 431 g/mol. The number of hydrogen-bond donors (Lipinski definition) is 0. The first-order chi connectivity index (χ1) is 15.7. The fourth-order valence-corrected chi connectivity index (χ4v) is 5.80. The summed E-state index contributed by atoms with van der Waals surface area (Å²) in [7, 11) is 2.14. The van der Waals surface area contributed by atoms with Crippen molar-refractivity contribution in [2.75, 3.05) is 0 Å². The molecule has 0 unspecified atom stereocenters. The molecule has 3 aromatic heterocycles. The van der Waals surface area contributed by atoms with E-state index >= 15 is 0 Å². The molecule has 0 bridgehead atoms. The Bertz CT molecular complexity index is 1800. The van der Waals surface area contributed by atoms with Crippen LogP contribution in [0.3, 0.4) is 0 Å². The third kappa shape index (κ3) is 2.64. The summed E-state index contributed by atoms with van der Waals surface area (Å²) < 4.78 is 4.68. The minimum absolute atomic E-state index is 0.193. The van der Waals surface area contributed by atoms with Crippen LogP contribution < -0.4 is 4.57 Å². The van der Waals surface area contributed by atoms with E-state index in [0.29, 0.717) is 5.69 Å². The fourth-order valence-electron chi connectivity index (χ4n) is 5.80. The van der Waals surface area contributed by atoms with Crippen molar-refractivity contribution in [3.63, 3.8) is 0 Å². The number of rotatable bonds is 1. The van der Waals surface area contributed by atoms with E-state index in [2.05, 4.69) is 98.1 Å². The van der Waals surface area contributed by atoms with Gasteiger partial charge in [-0.15, -0.1) is 0 Å². The van der Waals surface area contributed by atoms with Crippen LogP contribution in [0, 0.1) is 25.8 Å². The van der Waals surface area contributed by atoms with Gasteiger partial charge in [0.25, 0.3) is 0 Å². The van der Waals surface area contributed by atoms with Gasteiger partial charge in [-0.3, -0.25) is 0 Å². The van der Waals surface area contributed by atoms with E-state index in [1.165, 1.54) is 54.8 Å². The molecule has 0 atom stereocenters. The zero-order valence-electron chi connectivity index (χ0n) is 20.2. The summed E-state index contributed by atoms with van der Waals surface area (Å²) in [6, 6.07) is 15.4. The number of hydrogen-bond acceptors (Lipinski definition) is 0. The first kappa shape index (κ1) is 20.0. The van der Waals surface area contributed by atoms with Gasteiger partial charge in [-0.25, -0.2) is 9.41 Å². The van der Waals surface area contributed by atoms with Crippen molar-refractivity contribution in [3.05, 3.63) is 76.8 Å². The molecule has 3 heteroatoms. The molecule has 33 heavy (non-hydrogen) atoms. The van der Waals surface area contributed by atoms with Crippen LogP contribution >= 0.6 is 0 Å². The third-order valence-electron chi connectivity index (χ3n) is 7.21. The van der Waals surface area contributed by atoms with Crippen molar-refractivity contribution in [1.82, 2.24) is 4.40 Å². The molecular weight excluding hydrogens is 402 g/mol. The standard InChI is InChI=1S/C30H28N3/c1-17-13-22-26-20(16-30(3,4)5)9-8-10-23(26)33-24-15-21(31-6)14-19-11-12-32(7)29(27(19)24)25(18(17)2)28(22)33/h8-15H,16H2,1-5,7H3/q+1. The van der Waals surface area contributed by atoms with E-state index < -0.39 is 0 Å². The predicted octanol–water partition coefficient (Wildman–Crippen LogP) is 7.57. The Balaban J connectivity index is 2.02. The molecule has 6 aromatic rings. The van der Waals surface area contributed by atoms with Crippen LogP contribution in [0.2, 0.25) is 0 Å². The zero-order valence-corrected chi connectivity index (χ0v) is 20.2. The molecule has 162 valence electrons. The second kappa shape index (κ2) is 6.45. The average Bonchev–Trinajstić information content (AvgIpc) is 3.09. The van der Waals surface area contributed by atoms with Crippen LogP contribution in [0.5, 0.6) is 0 Å². The van der Waals surface area contributed by atoms with E-state index in [4.69, 9.17) is 6.57 Å². The maximum Gasteiger partial charge on any atom is 0.224 e. The van der Waals surface area contributed by atoms with Crippen molar-refractivity contribution >= 4 is 54.7 Å². The van der Waals surface area contributed by atoms with E-state index in [1.54, 1.807) is 0 Å². The molecule has 0 spiro atoms. The second-order valence-electron chi connectivity index (χ2n) is 10.8. The van der Waals surface area contributed by atoms with Gasteiger partial charge in [0.15, 0.2) is 11.9 Å². The first-order valence-corrected chi connectivity index (χ1v) is 11.6. The van der Waals surface area contributed by atoms with Crippen molar-refractivity contribution in [1.29, 1.82) is 0 Å². The lowest BCUT2D eigenvalue weighted by molar-refractivity contribution is -0.643. The van der Waals surface area contributed by atoms with Gasteiger partial charge in [-0.05, 0) is 72.0 Å². The van der Waals surface area contributed by atoms with Crippen LogP contribution in [-0.4, -0.2) is 4.40 Å². The van der Waals surface area contributed by atoms with Gasteiger partial charge in [-0.2, -0.15) is 0 Å². The van der Waals surface area contributed by atoms with Crippen molar-refractivity contribution < 1.29 is 4.57 Å². The maximum absolute atomic E-state index is 7.73. The lowest BCUT2D eigenvalue weighted by Crippen LogP contribution is -2.29. The lowest BCUT2D eigenvalue weighted by atomic mass is 9.86. The molecule has 0 aliphatic carbocycles. The Morgan fingerprint density at radius 2 is 1.76 bits per heavy atom. The molecule has 0 amide bonds.